The monoisotopic (exact) mass is 707 g/mol. The van der Waals surface area contributed by atoms with Gasteiger partial charge >= 0.3 is 0 Å². The quantitative estimate of drug-likeness (QED) is 0.149. The van der Waals surface area contributed by atoms with Crippen molar-refractivity contribution in [3.63, 3.8) is 0 Å². The average Bonchev–Trinajstić information content (AvgIpc) is 3.22. The number of rotatable bonds is 9. The zero-order chi connectivity index (χ0) is 38.4. The first kappa shape index (κ1) is 40.8. The Kier molecular flexibility index (Phi) is 17.3. The summed E-state index contributed by atoms with van der Waals surface area (Å²) in [5.74, 6) is 0. The highest BCUT2D eigenvalue weighted by atomic mass is 14.6. The Morgan fingerprint density at radius 3 is 1.57 bits per heavy atom. The molecule has 7 rings (SSSR count). The van der Waals surface area contributed by atoms with Gasteiger partial charge in [-0.25, -0.2) is 0 Å². The van der Waals surface area contributed by atoms with Crippen molar-refractivity contribution < 1.29 is 0 Å². The molecule has 0 saturated heterocycles. The summed E-state index contributed by atoms with van der Waals surface area (Å²) >= 11 is 0. The van der Waals surface area contributed by atoms with Crippen LogP contribution in [0.2, 0.25) is 0 Å². The van der Waals surface area contributed by atoms with Crippen LogP contribution in [0.3, 0.4) is 0 Å². The Labute approximate surface area is 325 Å². The largest absolute Gasteiger partial charge is 0.398 e. The molecule has 54 heavy (non-hydrogen) atoms. The van der Waals surface area contributed by atoms with Crippen LogP contribution in [-0.2, 0) is 12.8 Å². The summed E-state index contributed by atoms with van der Waals surface area (Å²) in [6.45, 7) is 12.8. The molecule has 0 fully saturated rings. The predicted octanol–water partition coefficient (Wildman–Crippen LogP) is 14.5. The highest BCUT2D eigenvalue weighted by Crippen LogP contribution is 2.25. The summed E-state index contributed by atoms with van der Waals surface area (Å²) in [4.78, 5) is 0. The van der Waals surface area contributed by atoms with Crippen LogP contribution in [0.1, 0.15) is 66.5 Å². The third-order valence-electron chi connectivity index (χ3n) is 9.05. The maximum absolute atomic E-state index is 6.30. The molecular formula is C53H57N. The first-order chi connectivity index (χ1) is 26.4. The van der Waals surface area contributed by atoms with E-state index in [1.807, 2.05) is 78.9 Å². The molecule has 0 aliphatic carbocycles. The van der Waals surface area contributed by atoms with Crippen molar-refractivity contribution in [3.05, 3.63) is 228 Å². The third-order valence-corrected chi connectivity index (χ3v) is 9.05. The van der Waals surface area contributed by atoms with E-state index in [9.17, 15) is 0 Å². The lowest BCUT2D eigenvalue weighted by molar-refractivity contribution is 0.795. The third kappa shape index (κ3) is 13.9. The molecule has 0 heterocycles. The summed E-state index contributed by atoms with van der Waals surface area (Å²) in [5.41, 5.74) is 18.2. The number of hydrogen-bond donors (Lipinski definition) is 1. The molecule has 0 unspecified atom stereocenters. The van der Waals surface area contributed by atoms with E-state index >= 15 is 0 Å². The maximum atomic E-state index is 6.30. The molecule has 2 N–H and O–H groups in total. The number of allylic oxidation sites excluding steroid dienone is 2. The SMILES string of the molecule is C=C(/C=C(\N)c1cccc2ccccc12)c1ccccc1.CCCCc1ccc(-c2ccc(C)cc2)cc1.CCCc1ccccc1.Cc1ccccc1. The molecule has 7 aromatic rings. The highest BCUT2D eigenvalue weighted by molar-refractivity contribution is 5.95. The van der Waals surface area contributed by atoms with Gasteiger partial charge in [0.05, 0.1) is 0 Å². The summed E-state index contributed by atoms with van der Waals surface area (Å²) in [6.07, 6.45) is 8.14. The van der Waals surface area contributed by atoms with Crippen molar-refractivity contribution in [3.8, 4) is 11.1 Å². The average molecular weight is 708 g/mol. The van der Waals surface area contributed by atoms with Gasteiger partial charge in [0.2, 0.25) is 0 Å². The fourth-order valence-electron chi connectivity index (χ4n) is 5.94. The first-order valence-electron chi connectivity index (χ1n) is 19.3. The van der Waals surface area contributed by atoms with E-state index in [1.54, 1.807) is 0 Å². The van der Waals surface area contributed by atoms with E-state index in [0.29, 0.717) is 0 Å². The van der Waals surface area contributed by atoms with Crippen molar-refractivity contribution in [2.24, 2.45) is 5.73 Å². The van der Waals surface area contributed by atoms with Crippen LogP contribution in [0.25, 0.3) is 33.2 Å². The second-order valence-electron chi connectivity index (χ2n) is 13.6. The number of nitrogens with two attached hydrogens (primary N) is 1. The Morgan fingerprint density at radius 1 is 0.500 bits per heavy atom. The smallest absolute Gasteiger partial charge is 0.0399 e. The number of aryl methyl sites for hydroxylation is 4. The van der Waals surface area contributed by atoms with Crippen LogP contribution in [0.15, 0.2) is 195 Å². The minimum atomic E-state index is 0.737. The van der Waals surface area contributed by atoms with Gasteiger partial charge in [-0.3, -0.25) is 0 Å². The Balaban J connectivity index is 0.000000175. The van der Waals surface area contributed by atoms with Crippen molar-refractivity contribution in [2.75, 3.05) is 0 Å². The van der Waals surface area contributed by atoms with Gasteiger partial charge in [-0.15, -0.1) is 0 Å². The Morgan fingerprint density at radius 2 is 1.00 bits per heavy atom. The molecule has 0 spiro atoms. The van der Waals surface area contributed by atoms with E-state index in [1.165, 1.54) is 70.9 Å². The van der Waals surface area contributed by atoms with Gasteiger partial charge in [0.1, 0.15) is 0 Å². The lowest BCUT2D eigenvalue weighted by Crippen LogP contribution is -1.97. The Bertz CT molecular complexity index is 2100. The van der Waals surface area contributed by atoms with Crippen LogP contribution in [0, 0.1) is 13.8 Å². The van der Waals surface area contributed by atoms with Crippen LogP contribution >= 0.6 is 0 Å². The zero-order valence-electron chi connectivity index (χ0n) is 32.7. The molecule has 0 aromatic heterocycles. The van der Waals surface area contributed by atoms with Crippen molar-refractivity contribution in [1.82, 2.24) is 0 Å². The Hall–Kier alpha value is -5.92. The normalized spacial score (nSPS) is 10.5. The van der Waals surface area contributed by atoms with Gasteiger partial charge in [0.25, 0.3) is 0 Å². The van der Waals surface area contributed by atoms with Gasteiger partial charge in [-0.05, 0) is 83.3 Å². The second-order valence-corrected chi connectivity index (χ2v) is 13.6. The van der Waals surface area contributed by atoms with Crippen LogP contribution in [0.4, 0.5) is 0 Å². The van der Waals surface area contributed by atoms with E-state index in [-0.39, 0.29) is 0 Å². The molecule has 274 valence electrons. The summed E-state index contributed by atoms with van der Waals surface area (Å²) in [7, 11) is 0. The van der Waals surface area contributed by atoms with Crippen molar-refractivity contribution in [2.45, 2.75) is 59.8 Å². The topological polar surface area (TPSA) is 26.0 Å². The number of hydrogen-bond acceptors (Lipinski definition) is 1. The minimum Gasteiger partial charge on any atom is -0.398 e. The summed E-state index contributed by atoms with van der Waals surface area (Å²) < 4.78 is 0. The first-order valence-corrected chi connectivity index (χ1v) is 19.3. The van der Waals surface area contributed by atoms with Crippen LogP contribution in [-0.4, -0.2) is 0 Å². The summed E-state index contributed by atoms with van der Waals surface area (Å²) in [6, 6.07) is 63.0. The lowest BCUT2D eigenvalue weighted by Gasteiger charge is -2.08. The molecule has 0 bridgehead atoms. The molecule has 0 aliphatic rings. The molecular weight excluding hydrogens is 651 g/mol. The molecule has 1 heteroatoms. The minimum absolute atomic E-state index is 0.737. The molecule has 1 nitrogen and oxygen atoms in total. The fraction of sp³-hybridized carbons (Fsp3) is 0.170. The standard InChI is InChI=1S/C20H17N.C17H20.C9H12.C7H8/c1-15(16-8-3-2-4-9-16)14-20(21)19-13-7-11-17-10-5-6-12-18(17)19;1-3-4-5-15-8-12-17(13-9-15)16-10-6-14(2)7-11-16;1-2-6-9-7-4-3-5-8-9;1-7-5-3-2-4-6-7/h2-14H,1,21H2;6-13H,3-5H2,1-2H3;3-5,7-8H,2,6H2,1H3;2-6H,1H3/b20-14-;;;. The molecule has 0 aliphatic heterocycles. The molecule has 0 amide bonds. The van der Waals surface area contributed by atoms with E-state index < -0.39 is 0 Å². The van der Waals surface area contributed by atoms with E-state index in [0.717, 1.165) is 27.8 Å². The second kappa shape index (κ2) is 22.9. The van der Waals surface area contributed by atoms with Crippen LogP contribution < -0.4 is 5.73 Å². The van der Waals surface area contributed by atoms with E-state index in [4.69, 9.17) is 5.73 Å². The number of fused-ring (bicyclic) bond motifs is 1. The predicted molar refractivity (Wildman–Crippen MR) is 238 cm³/mol. The fourth-order valence-corrected chi connectivity index (χ4v) is 5.94. The molecule has 0 saturated carbocycles. The van der Waals surface area contributed by atoms with Crippen LogP contribution in [0.5, 0.6) is 0 Å². The molecule has 7 aromatic carbocycles. The number of unbranched alkanes of at least 4 members (excludes halogenated alkanes) is 1. The summed E-state index contributed by atoms with van der Waals surface area (Å²) in [5, 5.41) is 2.35. The van der Waals surface area contributed by atoms with Crippen molar-refractivity contribution >= 4 is 22.0 Å². The van der Waals surface area contributed by atoms with Gasteiger partial charge in [-0.1, -0.05) is 226 Å². The lowest BCUT2D eigenvalue weighted by atomic mass is 10.00. The maximum Gasteiger partial charge on any atom is 0.0399 e. The zero-order valence-corrected chi connectivity index (χ0v) is 32.7. The molecule has 0 atom stereocenters. The van der Waals surface area contributed by atoms with Gasteiger partial charge in [0, 0.05) is 11.3 Å². The number of benzene rings is 7. The molecule has 0 radical (unpaired) electrons. The van der Waals surface area contributed by atoms with Gasteiger partial charge < -0.3 is 5.73 Å². The van der Waals surface area contributed by atoms with Gasteiger partial charge in [0.15, 0.2) is 0 Å². The van der Waals surface area contributed by atoms with E-state index in [2.05, 4.69) is 143 Å². The van der Waals surface area contributed by atoms with Gasteiger partial charge in [-0.2, -0.15) is 0 Å². The van der Waals surface area contributed by atoms with Crippen molar-refractivity contribution in [1.29, 1.82) is 0 Å². The highest BCUT2D eigenvalue weighted by Gasteiger charge is 2.04.